The van der Waals surface area contributed by atoms with E-state index < -0.39 is 0 Å². The first-order valence-electron chi connectivity index (χ1n) is 19.6. The van der Waals surface area contributed by atoms with Crippen molar-refractivity contribution in [3.05, 3.63) is 24.3 Å². The maximum absolute atomic E-state index is 6.40. The zero-order valence-electron chi connectivity index (χ0n) is 30.4. The number of unbranched alkanes of at least 4 members (excludes halogenated alkanes) is 22. The molecule has 0 saturated heterocycles. The largest absolute Gasteiger partial charge is 0.473 e. The van der Waals surface area contributed by atoms with Crippen molar-refractivity contribution in [3.8, 4) is 11.5 Å². The number of fused-ring (bicyclic) bond motifs is 2. The quantitative estimate of drug-likeness (QED) is 0.0861. The fourth-order valence-electron chi connectivity index (χ4n) is 6.40. The molecule has 2 atom stereocenters. The van der Waals surface area contributed by atoms with Gasteiger partial charge in [0.05, 0.1) is 13.2 Å². The first-order valence-corrected chi connectivity index (χ1v) is 19.6. The average molecular weight is 631 g/mol. The maximum Gasteiger partial charge on any atom is 0.175 e. The Labute approximate surface area is 280 Å². The molecular weight excluding hydrogens is 556 g/mol. The molecule has 2 rings (SSSR count). The van der Waals surface area contributed by atoms with Crippen LogP contribution in [0.3, 0.4) is 0 Å². The summed E-state index contributed by atoms with van der Waals surface area (Å²) in [6.45, 7) is 7.74. The summed E-state index contributed by atoms with van der Waals surface area (Å²) >= 11 is 0. The topological polar surface area (TPSA) is 34.2 Å². The highest BCUT2D eigenvalue weighted by molar-refractivity contribution is 5.33. The van der Waals surface area contributed by atoms with Gasteiger partial charge < -0.3 is 14.2 Å². The van der Waals surface area contributed by atoms with Gasteiger partial charge in [0.25, 0.3) is 0 Å². The van der Waals surface area contributed by atoms with Crippen molar-refractivity contribution in [2.45, 2.75) is 180 Å². The highest BCUT2D eigenvalue weighted by Crippen LogP contribution is 2.24. The first kappa shape index (κ1) is 39.9. The van der Waals surface area contributed by atoms with Crippen molar-refractivity contribution in [2.24, 2.45) is 0 Å². The Balaban J connectivity index is 1.62. The molecule has 2 bridgehead atoms. The second kappa shape index (κ2) is 27.8. The molecule has 1 aliphatic heterocycles. The van der Waals surface area contributed by atoms with E-state index in [0.29, 0.717) is 13.2 Å². The predicted molar refractivity (Wildman–Crippen MR) is 194 cm³/mol. The molecule has 2 unspecified atom stereocenters. The van der Waals surface area contributed by atoms with Crippen LogP contribution in [0.4, 0.5) is 0 Å². The van der Waals surface area contributed by atoms with E-state index in [2.05, 4.69) is 37.7 Å². The van der Waals surface area contributed by atoms with Crippen molar-refractivity contribution >= 4 is 0 Å². The smallest absolute Gasteiger partial charge is 0.175 e. The Morgan fingerprint density at radius 1 is 0.489 bits per heavy atom. The van der Waals surface area contributed by atoms with Crippen LogP contribution in [-0.2, 0) is 4.74 Å². The number of likely N-dealkylation sites (N-methyl/N-ethyl adjacent to an activating group) is 2. The highest BCUT2D eigenvalue weighted by atomic mass is 16.6. The molecule has 0 saturated carbocycles. The molecule has 1 aromatic carbocycles. The van der Waals surface area contributed by atoms with E-state index in [-0.39, 0.29) is 12.5 Å². The van der Waals surface area contributed by atoms with Crippen LogP contribution in [0.25, 0.3) is 0 Å². The zero-order chi connectivity index (χ0) is 32.2. The summed E-state index contributed by atoms with van der Waals surface area (Å²) in [7, 11) is 4.35. The Kier molecular flexibility index (Phi) is 24.6. The number of rotatable bonds is 28. The van der Waals surface area contributed by atoms with Gasteiger partial charge in [-0.2, -0.15) is 0 Å². The number of benzene rings is 1. The average Bonchev–Trinajstić information content (AvgIpc) is 3.04. The second-order valence-electron chi connectivity index (χ2n) is 13.9. The third-order valence-electron chi connectivity index (χ3n) is 9.58. The van der Waals surface area contributed by atoms with Crippen LogP contribution >= 0.6 is 0 Å². The second-order valence-corrected chi connectivity index (χ2v) is 13.9. The molecule has 0 spiro atoms. The fourth-order valence-corrected chi connectivity index (χ4v) is 6.40. The predicted octanol–water partition coefficient (Wildman–Crippen LogP) is 11.4. The van der Waals surface area contributed by atoms with Crippen molar-refractivity contribution in [3.63, 3.8) is 0 Å². The fraction of sp³-hybridized carbons (Fsp3) is 0.850. The maximum atomic E-state index is 6.40. The first-order chi connectivity index (χ1) is 22.1. The number of hydrogen-bond donors (Lipinski definition) is 0. The minimum atomic E-state index is -0.0895. The van der Waals surface area contributed by atoms with Gasteiger partial charge in [-0.25, -0.2) is 0 Å². The van der Waals surface area contributed by atoms with E-state index in [1.54, 1.807) is 0 Å². The molecule has 45 heavy (non-hydrogen) atoms. The summed E-state index contributed by atoms with van der Waals surface area (Å²) in [5, 5.41) is 0. The van der Waals surface area contributed by atoms with E-state index in [1.165, 1.54) is 154 Å². The monoisotopic (exact) mass is 631 g/mol. The molecule has 5 nitrogen and oxygen atoms in total. The molecule has 0 radical (unpaired) electrons. The summed E-state index contributed by atoms with van der Waals surface area (Å²) in [4.78, 5) is 4.66. The van der Waals surface area contributed by atoms with Gasteiger partial charge in [0.15, 0.2) is 12.5 Å². The molecule has 0 N–H and O–H groups in total. The highest BCUT2D eigenvalue weighted by Gasteiger charge is 2.23. The Bertz CT molecular complexity index is 731. The van der Waals surface area contributed by atoms with Gasteiger partial charge >= 0.3 is 0 Å². The van der Waals surface area contributed by atoms with Crippen LogP contribution in [0, 0.1) is 0 Å². The van der Waals surface area contributed by atoms with Crippen molar-refractivity contribution in [2.75, 3.05) is 40.4 Å². The van der Waals surface area contributed by atoms with Gasteiger partial charge in [0.2, 0.25) is 0 Å². The molecule has 1 aliphatic rings. The van der Waals surface area contributed by atoms with Crippen molar-refractivity contribution in [1.82, 2.24) is 9.80 Å². The molecule has 1 heterocycles. The Morgan fingerprint density at radius 2 is 0.800 bits per heavy atom. The van der Waals surface area contributed by atoms with Crippen LogP contribution < -0.4 is 9.47 Å². The summed E-state index contributed by atoms with van der Waals surface area (Å²) in [5.74, 6) is 1.71. The Morgan fingerprint density at radius 3 is 1.13 bits per heavy atom. The van der Waals surface area contributed by atoms with Gasteiger partial charge in [0, 0.05) is 19.2 Å². The molecular formula is C40H74N2O3. The molecule has 0 aliphatic carbocycles. The van der Waals surface area contributed by atoms with E-state index in [0.717, 1.165) is 24.6 Å². The van der Waals surface area contributed by atoms with Crippen LogP contribution in [0.1, 0.15) is 168 Å². The van der Waals surface area contributed by atoms with Gasteiger partial charge in [-0.1, -0.05) is 161 Å². The van der Waals surface area contributed by atoms with Gasteiger partial charge in [0.1, 0.15) is 11.5 Å². The Hall–Kier alpha value is -1.30. The minimum absolute atomic E-state index is 0.0895. The van der Waals surface area contributed by atoms with E-state index in [4.69, 9.17) is 14.2 Å². The van der Waals surface area contributed by atoms with Gasteiger partial charge in [-0.3, -0.25) is 9.80 Å². The lowest BCUT2D eigenvalue weighted by Gasteiger charge is -2.33. The lowest BCUT2D eigenvalue weighted by atomic mass is 10.1. The van der Waals surface area contributed by atoms with E-state index in [9.17, 15) is 0 Å². The number of hydrogen-bond acceptors (Lipinski definition) is 5. The van der Waals surface area contributed by atoms with Crippen molar-refractivity contribution < 1.29 is 14.2 Å². The van der Waals surface area contributed by atoms with Crippen LogP contribution in [0.15, 0.2) is 24.3 Å². The van der Waals surface area contributed by atoms with Gasteiger partial charge in [-0.15, -0.1) is 0 Å². The van der Waals surface area contributed by atoms with Gasteiger partial charge in [-0.05, 0) is 39.1 Å². The summed E-state index contributed by atoms with van der Waals surface area (Å²) in [5.41, 5.74) is 0. The van der Waals surface area contributed by atoms with E-state index >= 15 is 0 Å². The van der Waals surface area contributed by atoms with Crippen LogP contribution in [-0.4, -0.2) is 62.7 Å². The zero-order valence-corrected chi connectivity index (χ0v) is 30.4. The molecule has 0 fully saturated rings. The summed E-state index contributed by atoms with van der Waals surface area (Å²) in [6, 6.07) is 8.15. The normalized spacial score (nSPS) is 17.0. The van der Waals surface area contributed by atoms with E-state index in [1.807, 2.05) is 24.3 Å². The number of nitrogens with zero attached hydrogens (tertiary/aromatic N) is 2. The minimum Gasteiger partial charge on any atom is -0.473 e. The SMILES string of the molecule is CCCCCCCCCCCCCCN(C)C1COCC(N(C)CCCCCCCCCCCCCC)Oc2cccc(c2)O1. The molecule has 0 amide bonds. The lowest BCUT2D eigenvalue weighted by Crippen LogP contribution is -2.45. The summed E-state index contributed by atoms with van der Waals surface area (Å²) in [6.07, 6.45) is 32.8. The van der Waals surface area contributed by atoms with Crippen molar-refractivity contribution in [1.29, 1.82) is 0 Å². The summed E-state index contributed by atoms with van der Waals surface area (Å²) < 4.78 is 19.1. The lowest BCUT2D eigenvalue weighted by molar-refractivity contribution is -0.0791. The standard InChI is InChI=1S/C40H74N2O3/c1-5-7-9-11-13-15-17-19-21-23-25-27-32-41(3)39-35-43-36-40(45-38-31-29-30-37(34-38)44-39)42(4)33-28-26-24-22-20-18-16-14-12-10-8-6-2/h29-31,34,39-40H,5-28,32-33,35-36H2,1-4H3. The molecule has 5 heteroatoms. The third-order valence-corrected chi connectivity index (χ3v) is 9.58. The molecule has 262 valence electrons. The van der Waals surface area contributed by atoms with Crippen LogP contribution in [0.2, 0.25) is 0 Å². The van der Waals surface area contributed by atoms with Crippen LogP contribution in [0.5, 0.6) is 11.5 Å². The third kappa shape index (κ3) is 20.5. The number of ether oxygens (including phenoxy) is 3. The molecule has 0 aromatic heterocycles. The molecule has 1 aromatic rings.